The Morgan fingerprint density at radius 3 is 2.14 bits per heavy atom. The number of likely N-dealkylation sites (N-methyl/N-ethyl adjacent to an activating group) is 1. The fourth-order valence-electron chi connectivity index (χ4n) is 2.04. The third kappa shape index (κ3) is 4.91. The van der Waals surface area contributed by atoms with E-state index in [1.165, 1.54) is 0 Å². The van der Waals surface area contributed by atoms with Crippen molar-refractivity contribution in [3.8, 4) is 11.8 Å². The first kappa shape index (κ1) is 15.0. The maximum atomic E-state index is 12.2. The van der Waals surface area contributed by atoms with Crippen molar-refractivity contribution < 1.29 is 9.28 Å². The highest BCUT2D eigenvalue weighted by molar-refractivity contribution is 5.96. The van der Waals surface area contributed by atoms with Crippen LogP contribution in [-0.2, 0) is 0 Å². The van der Waals surface area contributed by atoms with Crippen LogP contribution in [0.5, 0.6) is 0 Å². The van der Waals surface area contributed by atoms with Crippen molar-refractivity contribution in [1.29, 1.82) is 0 Å². The van der Waals surface area contributed by atoms with E-state index in [1.807, 2.05) is 74.8 Å². The number of hydrogen-bond donors (Lipinski definition) is 0. The highest BCUT2D eigenvalue weighted by Crippen LogP contribution is 2.05. The standard InChI is InChI=1S/C19H20NO/c1-20(2,15-9-12-17-10-5-3-6-11-17)16-19(21)18-13-7-4-8-14-18/h3-8,10-11,13-14H,15-16H2,1-2H3/q+1. The summed E-state index contributed by atoms with van der Waals surface area (Å²) in [6, 6.07) is 19.3. The van der Waals surface area contributed by atoms with Gasteiger partial charge in [0, 0.05) is 11.1 Å². The SMILES string of the molecule is C[N+](C)(CC#Cc1ccccc1)CC(=O)c1ccccc1. The molecule has 2 rings (SSSR count). The Balaban J connectivity index is 1.96. The molecule has 0 aliphatic carbocycles. The second-order valence-corrected chi connectivity index (χ2v) is 5.71. The van der Waals surface area contributed by atoms with E-state index < -0.39 is 0 Å². The Kier molecular flexibility index (Phi) is 4.92. The van der Waals surface area contributed by atoms with Gasteiger partial charge in [-0.25, -0.2) is 0 Å². The minimum atomic E-state index is 0.155. The Labute approximate surface area is 126 Å². The van der Waals surface area contributed by atoms with Crippen LogP contribution in [0.1, 0.15) is 15.9 Å². The number of ketones is 1. The summed E-state index contributed by atoms with van der Waals surface area (Å²) < 4.78 is 0.563. The summed E-state index contributed by atoms with van der Waals surface area (Å²) in [4.78, 5) is 12.2. The van der Waals surface area contributed by atoms with Crippen LogP contribution < -0.4 is 0 Å². The summed E-state index contributed by atoms with van der Waals surface area (Å²) in [6.07, 6.45) is 0. The van der Waals surface area contributed by atoms with E-state index in [0.717, 1.165) is 11.1 Å². The van der Waals surface area contributed by atoms with Gasteiger partial charge in [-0.1, -0.05) is 54.5 Å². The molecule has 2 nitrogen and oxygen atoms in total. The highest BCUT2D eigenvalue weighted by atomic mass is 16.1. The van der Waals surface area contributed by atoms with Crippen LogP contribution in [0.4, 0.5) is 0 Å². The van der Waals surface area contributed by atoms with Gasteiger partial charge in [-0.05, 0) is 18.1 Å². The molecule has 0 radical (unpaired) electrons. The summed E-state index contributed by atoms with van der Waals surface area (Å²) in [7, 11) is 4.06. The van der Waals surface area contributed by atoms with Gasteiger partial charge in [0.15, 0.2) is 0 Å². The van der Waals surface area contributed by atoms with Crippen molar-refractivity contribution in [1.82, 2.24) is 0 Å². The van der Waals surface area contributed by atoms with E-state index in [9.17, 15) is 4.79 Å². The molecule has 0 amide bonds. The minimum Gasteiger partial charge on any atom is -0.312 e. The molecule has 0 aliphatic rings. The first-order valence-corrected chi connectivity index (χ1v) is 7.01. The zero-order valence-corrected chi connectivity index (χ0v) is 12.5. The van der Waals surface area contributed by atoms with Crippen LogP contribution in [0.2, 0.25) is 0 Å². The highest BCUT2D eigenvalue weighted by Gasteiger charge is 2.19. The Bertz CT molecular complexity index is 648. The molecule has 0 saturated heterocycles. The molecule has 0 bridgehead atoms. The van der Waals surface area contributed by atoms with Crippen LogP contribution in [0, 0.1) is 11.8 Å². The molecule has 2 aromatic carbocycles. The van der Waals surface area contributed by atoms with Crippen molar-refractivity contribution in [3.05, 3.63) is 71.8 Å². The molecule has 0 heterocycles. The lowest BCUT2D eigenvalue weighted by Gasteiger charge is -2.26. The molecule has 2 aromatic rings. The fraction of sp³-hybridized carbons (Fsp3) is 0.211. The molecule has 0 saturated carbocycles. The summed E-state index contributed by atoms with van der Waals surface area (Å²) in [5, 5.41) is 0. The number of nitrogens with zero attached hydrogens (tertiary/aromatic N) is 1. The topological polar surface area (TPSA) is 17.1 Å². The Morgan fingerprint density at radius 1 is 0.952 bits per heavy atom. The van der Waals surface area contributed by atoms with Gasteiger partial charge in [-0.15, -0.1) is 0 Å². The van der Waals surface area contributed by atoms with Gasteiger partial charge in [0.2, 0.25) is 5.78 Å². The molecular formula is C19H20NO+. The van der Waals surface area contributed by atoms with E-state index >= 15 is 0 Å². The number of carbonyl (C=O) groups is 1. The van der Waals surface area contributed by atoms with Crippen molar-refractivity contribution in [3.63, 3.8) is 0 Å². The van der Waals surface area contributed by atoms with Gasteiger partial charge in [0.1, 0.15) is 13.1 Å². The van der Waals surface area contributed by atoms with E-state index in [2.05, 4.69) is 11.8 Å². The third-order valence-corrected chi connectivity index (χ3v) is 3.18. The van der Waals surface area contributed by atoms with Crippen molar-refractivity contribution in [2.45, 2.75) is 0 Å². The zero-order valence-electron chi connectivity index (χ0n) is 12.5. The van der Waals surface area contributed by atoms with E-state index in [-0.39, 0.29) is 5.78 Å². The minimum absolute atomic E-state index is 0.155. The van der Waals surface area contributed by atoms with Crippen molar-refractivity contribution in [2.24, 2.45) is 0 Å². The molecule has 0 N–H and O–H groups in total. The van der Waals surface area contributed by atoms with Gasteiger partial charge >= 0.3 is 0 Å². The zero-order chi connectivity index (χ0) is 15.1. The molecular weight excluding hydrogens is 258 g/mol. The van der Waals surface area contributed by atoms with Crippen LogP contribution in [0.25, 0.3) is 0 Å². The predicted molar refractivity (Wildman–Crippen MR) is 85.9 cm³/mol. The van der Waals surface area contributed by atoms with Crippen LogP contribution in [0.15, 0.2) is 60.7 Å². The number of carbonyl (C=O) groups excluding carboxylic acids is 1. The lowest BCUT2D eigenvalue weighted by molar-refractivity contribution is -0.874. The Morgan fingerprint density at radius 2 is 1.52 bits per heavy atom. The molecule has 0 spiro atoms. The average molecular weight is 278 g/mol. The first-order valence-electron chi connectivity index (χ1n) is 7.01. The molecule has 0 aromatic heterocycles. The summed E-state index contributed by atoms with van der Waals surface area (Å²) >= 11 is 0. The van der Waals surface area contributed by atoms with Crippen LogP contribution >= 0.6 is 0 Å². The summed E-state index contributed by atoms with van der Waals surface area (Å²) in [5.41, 5.74) is 1.77. The second kappa shape index (κ2) is 6.88. The second-order valence-electron chi connectivity index (χ2n) is 5.71. The average Bonchev–Trinajstić information content (AvgIpc) is 2.48. The number of benzene rings is 2. The maximum absolute atomic E-state index is 12.2. The monoisotopic (exact) mass is 278 g/mol. The Hall–Kier alpha value is -2.37. The molecule has 21 heavy (non-hydrogen) atoms. The van der Waals surface area contributed by atoms with E-state index in [1.54, 1.807) is 0 Å². The molecule has 106 valence electrons. The molecule has 0 atom stereocenters. The van der Waals surface area contributed by atoms with Crippen molar-refractivity contribution >= 4 is 5.78 Å². The van der Waals surface area contributed by atoms with Crippen molar-refractivity contribution in [2.75, 3.05) is 27.2 Å². The van der Waals surface area contributed by atoms with Crippen LogP contribution in [0.3, 0.4) is 0 Å². The van der Waals surface area contributed by atoms with Gasteiger partial charge in [-0.2, -0.15) is 0 Å². The van der Waals surface area contributed by atoms with Crippen LogP contribution in [-0.4, -0.2) is 37.5 Å². The van der Waals surface area contributed by atoms with E-state index in [0.29, 0.717) is 17.6 Å². The summed E-state index contributed by atoms with van der Waals surface area (Å²) in [5.74, 6) is 6.46. The largest absolute Gasteiger partial charge is 0.312 e. The number of hydrogen-bond acceptors (Lipinski definition) is 1. The normalized spacial score (nSPS) is 10.6. The molecule has 2 heteroatoms. The lowest BCUT2D eigenvalue weighted by Crippen LogP contribution is -2.44. The summed E-state index contributed by atoms with van der Waals surface area (Å²) in [6.45, 7) is 1.10. The first-order chi connectivity index (χ1) is 10.1. The lowest BCUT2D eigenvalue weighted by atomic mass is 10.1. The fourth-order valence-corrected chi connectivity index (χ4v) is 2.04. The number of Topliss-reactive ketones (excluding diaryl/α,β-unsaturated/α-hetero) is 1. The number of quaternary nitrogens is 1. The third-order valence-electron chi connectivity index (χ3n) is 3.18. The van der Waals surface area contributed by atoms with Gasteiger partial charge in [-0.3, -0.25) is 4.79 Å². The molecule has 0 fully saturated rings. The predicted octanol–water partition coefficient (Wildman–Crippen LogP) is 3.00. The maximum Gasteiger partial charge on any atom is 0.216 e. The smallest absolute Gasteiger partial charge is 0.216 e. The van der Waals surface area contributed by atoms with Gasteiger partial charge < -0.3 is 4.48 Å². The molecule has 0 unspecified atom stereocenters. The molecule has 0 aliphatic heterocycles. The van der Waals surface area contributed by atoms with Gasteiger partial charge in [0.05, 0.1) is 14.1 Å². The van der Waals surface area contributed by atoms with E-state index in [4.69, 9.17) is 0 Å². The van der Waals surface area contributed by atoms with Gasteiger partial charge in [0.25, 0.3) is 0 Å². The number of rotatable bonds is 4. The quantitative estimate of drug-likeness (QED) is 0.477.